The van der Waals surface area contributed by atoms with Crippen molar-refractivity contribution in [3.8, 4) is 0 Å². The monoisotopic (exact) mass is 404 g/mol. The van der Waals surface area contributed by atoms with Crippen LogP contribution < -0.4 is 10.2 Å². The van der Waals surface area contributed by atoms with Gasteiger partial charge in [0.1, 0.15) is 11.8 Å². The number of hydrogen-bond acceptors (Lipinski definition) is 8. The third-order valence-corrected chi connectivity index (χ3v) is 6.04. The number of aliphatic hydroxyl groups is 1. The number of carbonyl (C=O) groups excluding carboxylic acids is 1. The Bertz CT molecular complexity index is 872. The number of nitrogens with one attached hydrogen (secondary N) is 1. The standard InChI is InChI=1S/C19H28N6O4/c1-4-25-8-5-14(22-25)16(27)21-18(3)12-19(28-11-15(18)26)6-9-24(10-7-19)17-20-13(2)29-23-17/h5,8,15,26H,4,6-7,9-12H2,1-3H3,(H,21,27)/t15-,18-/m1/s1. The molecule has 2 aliphatic rings. The molecule has 0 unspecified atom stereocenters. The van der Waals surface area contributed by atoms with Crippen LogP contribution in [0.25, 0.3) is 0 Å². The first-order valence-corrected chi connectivity index (χ1v) is 10.1. The van der Waals surface area contributed by atoms with Crippen LogP contribution in [0.5, 0.6) is 0 Å². The number of amides is 1. The van der Waals surface area contributed by atoms with Gasteiger partial charge in [0, 0.05) is 39.2 Å². The second kappa shape index (κ2) is 7.42. The third-order valence-electron chi connectivity index (χ3n) is 6.04. The highest BCUT2D eigenvalue weighted by Crippen LogP contribution is 2.40. The van der Waals surface area contributed by atoms with Crippen molar-refractivity contribution >= 4 is 11.9 Å². The van der Waals surface area contributed by atoms with Gasteiger partial charge in [-0.1, -0.05) is 0 Å². The van der Waals surface area contributed by atoms with E-state index in [-0.39, 0.29) is 12.5 Å². The first-order chi connectivity index (χ1) is 13.8. The van der Waals surface area contributed by atoms with Gasteiger partial charge in [-0.15, -0.1) is 0 Å². The van der Waals surface area contributed by atoms with Crippen molar-refractivity contribution in [3.63, 3.8) is 0 Å². The molecule has 4 rings (SSSR count). The number of aliphatic hydroxyl groups excluding tert-OH is 1. The molecule has 2 fully saturated rings. The minimum absolute atomic E-state index is 0.182. The lowest BCUT2D eigenvalue weighted by Crippen LogP contribution is -2.65. The van der Waals surface area contributed by atoms with E-state index in [9.17, 15) is 9.90 Å². The summed E-state index contributed by atoms with van der Waals surface area (Å²) in [6.45, 7) is 7.93. The molecule has 10 heteroatoms. The van der Waals surface area contributed by atoms with Crippen molar-refractivity contribution in [2.24, 2.45) is 0 Å². The lowest BCUT2D eigenvalue weighted by atomic mass is 9.74. The number of piperidine rings is 1. The van der Waals surface area contributed by atoms with Crippen molar-refractivity contribution < 1.29 is 19.2 Å². The Hall–Kier alpha value is -2.46. The smallest absolute Gasteiger partial charge is 0.272 e. The lowest BCUT2D eigenvalue weighted by Gasteiger charge is -2.51. The summed E-state index contributed by atoms with van der Waals surface area (Å²) in [7, 11) is 0. The number of ether oxygens (including phenoxy) is 1. The van der Waals surface area contributed by atoms with E-state index in [1.54, 1.807) is 23.9 Å². The molecule has 2 atom stereocenters. The molecule has 0 bridgehead atoms. The van der Waals surface area contributed by atoms with Gasteiger partial charge in [-0.3, -0.25) is 9.48 Å². The summed E-state index contributed by atoms with van der Waals surface area (Å²) in [6.07, 6.45) is 3.02. The maximum atomic E-state index is 12.7. The second-order valence-electron chi connectivity index (χ2n) is 8.22. The molecule has 2 aromatic heterocycles. The van der Waals surface area contributed by atoms with Gasteiger partial charge < -0.3 is 24.6 Å². The minimum atomic E-state index is -0.795. The molecule has 0 radical (unpaired) electrons. The van der Waals surface area contributed by atoms with Gasteiger partial charge in [-0.2, -0.15) is 10.1 Å². The maximum Gasteiger partial charge on any atom is 0.272 e. The van der Waals surface area contributed by atoms with Crippen molar-refractivity contribution in [1.82, 2.24) is 25.2 Å². The lowest BCUT2D eigenvalue weighted by molar-refractivity contribution is -0.167. The summed E-state index contributed by atoms with van der Waals surface area (Å²) in [5.74, 6) is 0.851. The zero-order valence-electron chi connectivity index (χ0n) is 17.1. The Balaban J connectivity index is 1.44. The van der Waals surface area contributed by atoms with Gasteiger partial charge >= 0.3 is 0 Å². The predicted octanol–water partition coefficient (Wildman–Crippen LogP) is 0.903. The van der Waals surface area contributed by atoms with E-state index in [4.69, 9.17) is 9.26 Å². The summed E-state index contributed by atoms with van der Waals surface area (Å²) in [4.78, 5) is 19.1. The average molecular weight is 404 g/mol. The molecule has 1 amide bonds. The van der Waals surface area contributed by atoms with Gasteiger partial charge in [-0.25, -0.2) is 0 Å². The predicted molar refractivity (Wildman–Crippen MR) is 104 cm³/mol. The van der Waals surface area contributed by atoms with E-state index in [0.717, 1.165) is 25.9 Å². The number of hydrogen-bond donors (Lipinski definition) is 2. The number of aryl methyl sites for hydroxylation is 2. The van der Waals surface area contributed by atoms with Crippen LogP contribution in [0.3, 0.4) is 0 Å². The Labute approximate surface area is 169 Å². The van der Waals surface area contributed by atoms with Crippen LogP contribution in [-0.2, 0) is 11.3 Å². The normalized spacial score (nSPS) is 26.6. The third kappa shape index (κ3) is 3.86. The molecule has 0 saturated carbocycles. The fourth-order valence-corrected chi connectivity index (χ4v) is 4.24. The summed E-state index contributed by atoms with van der Waals surface area (Å²) < 4.78 is 12.9. The molecule has 29 heavy (non-hydrogen) atoms. The van der Waals surface area contributed by atoms with Gasteiger partial charge in [0.05, 0.1) is 17.7 Å². The molecule has 4 heterocycles. The van der Waals surface area contributed by atoms with Crippen molar-refractivity contribution in [2.45, 2.75) is 63.8 Å². The fraction of sp³-hybridized carbons (Fsp3) is 0.684. The highest BCUT2D eigenvalue weighted by Gasteiger charge is 2.50. The SMILES string of the molecule is CCn1ccc(C(=O)N[C@]2(C)CC3(CCN(c4noc(C)n4)CC3)OC[C@H]2O)n1. The van der Waals surface area contributed by atoms with Crippen LogP contribution in [0.4, 0.5) is 5.95 Å². The van der Waals surface area contributed by atoms with Crippen molar-refractivity contribution in [1.29, 1.82) is 0 Å². The van der Waals surface area contributed by atoms with E-state index >= 15 is 0 Å². The molecule has 2 saturated heterocycles. The Kier molecular flexibility index (Phi) is 5.07. The molecule has 2 aliphatic heterocycles. The molecule has 158 valence electrons. The quantitative estimate of drug-likeness (QED) is 0.772. The summed E-state index contributed by atoms with van der Waals surface area (Å²) in [6, 6.07) is 1.69. The Morgan fingerprint density at radius 1 is 1.41 bits per heavy atom. The van der Waals surface area contributed by atoms with Gasteiger partial charge in [0.25, 0.3) is 11.9 Å². The molecule has 2 N–H and O–H groups in total. The van der Waals surface area contributed by atoms with Crippen LogP contribution in [0, 0.1) is 6.92 Å². The first-order valence-electron chi connectivity index (χ1n) is 10.1. The molecule has 10 nitrogen and oxygen atoms in total. The number of nitrogens with zero attached hydrogens (tertiary/aromatic N) is 5. The van der Waals surface area contributed by atoms with Crippen LogP contribution in [0.2, 0.25) is 0 Å². The summed E-state index contributed by atoms with van der Waals surface area (Å²) in [5.41, 5.74) is -0.849. The van der Waals surface area contributed by atoms with E-state index < -0.39 is 17.2 Å². The van der Waals surface area contributed by atoms with E-state index in [1.165, 1.54) is 0 Å². The molecule has 0 aromatic carbocycles. The van der Waals surface area contributed by atoms with E-state index in [2.05, 4.69) is 25.5 Å². The van der Waals surface area contributed by atoms with Crippen molar-refractivity contribution in [2.75, 3.05) is 24.6 Å². The Morgan fingerprint density at radius 2 is 2.17 bits per heavy atom. The fourth-order valence-electron chi connectivity index (χ4n) is 4.24. The first kappa shape index (κ1) is 19.8. The largest absolute Gasteiger partial charge is 0.388 e. The number of carbonyl (C=O) groups is 1. The molecule has 2 aromatic rings. The molecule has 0 aliphatic carbocycles. The maximum absolute atomic E-state index is 12.7. The summed E-state index contributed by atoms with van der Waals surface area (Å²) >= 11 is 0. The second-order valence-corrected chi connectivity index (χ2v) is 8.22. The number of rotatable bonds is 4. The molecule has 1 spiro atoms. The van der Waals surface area contributed by atoms with Crippen LogP contribution in [-0.4, -0.2) is 67.9 Å². The van der Waals surface area contributed by atoms with Crippen LogP contribution in [0.15, 0.2) is 16.8 Å². The van der Waals surface area contributed by atoms with Gasteiger partial charge in [0.2, 0.25) is 5.89 Å². The van der Waals surface area contributed by atoms with Crippen LogP contribution in [0.1, 0.15) is 49.5 Å². The molecular weight excluding hydrogens is 376 g/mol. The van der Waals surface area contributed by atoms with E-state index in [0.29, 0.717) is 30.5 Å². The summed E-state index contributed by atoms with van der Waals surface area (Å²) in [5, 5.41) is 21.9. The Morgan fingerprint density at radius 3 is 2.79 bits per heavy atom. The molecular formula is C19H28N6O4. The van der Waals surface area contributed by atoms with Crippen molar-refractivity contribution in [3.05, 3.63) is 23.8 Å². The van der Waals surface area contributed by atoms with Gasteiger partial charge in [0.15, 0.2) is 0 Å². The number of aromatic nitrogens is 4. The topological polar surface area (TPSA) is 119 Å². The zero-order valence-corrected chi connectivity index (χ0v) is 17.1. The average Bonchev–Trinajstić information content (AvgIpc) is 3.35. The highest BCUT2D eigenvalue weighted by atomic mass is 16.5. The zero-order chi connectivity index (χ0) is 20.6. The highest BCUT2D eigenvalue weighted by molar-refractivity contribution is 5.92. The number of anilines is 1. The van der Waals surface area contributed by atoms with Gasteiger partial charge in [-0.05, 0) is 37.9 Å². The minimum Gasteiger partial charge on any atom is -0.388 e. The van der Waals surface area contributed by atoms with Crippen LogP contribution >= 0.6 is 0 Å². The van der Waals surface area contributed by atoms with E-state index in [1.807, 2.05) is 13.8 Å².